The smallest absolute Gasteiger partial charge is 0.308 e. The van der Waals surface area contributed by atoms with Crippen molar-refractivity contribution in [1.29, 1.82) is 0 Å². The summed E-state index contributed by atoms with van der Waals surface area (Å²) < 4.78 is 11.6. The van der Waals surface area contributed by atoms with Gasteiger partial charge in [0.05, 0.1) is 19.1 Å². The molecule has 5 heteroatoms. The first kappa shape index (κ1) is 22.1. The maximum atomic E-state index is 11.8. The van der Waals surface area contributed by atoms with Crippen molar-refractivity contribution < 1.29 is 19.1 Å². The van der Waals surface area contributed by atoms with Gasteiger partial charge in [-0.1, -0.05) is 94.1 Å². The lowest BCUT2D eigenvalue weighted by Crippen LogP contribution is -2.67. The normalized spacial score (nSPS) is 13.0. The number of hydrogen-bond acceptors (Lipinski definition) is 4. The van der Waals surface area contributed by atoms with Gasteiger partial charge in [0.1, 0.15) is 6.61 Å². The van der Waals surface area contributed by atoms with E-state index in [0.29, 0.717) is 0 Å². The van der Waals surface area contributed by atoms with Crippen molar-refractivity contribution >= 4 is 24.7 Å². The topological polar surface area (TPSA) is 55.8 Å². The number of esters is 1. The monoisotopic (exact) mass is 398 g/mol. The van der Waals surface area contributed by atoms with Gasteiger partial charge in [-0.2, -0.15) is 0 Å². The van der Waals surface area contributed by atoms with E-state index < -0.39 is 20.4 Å². The van der Waals surface area contributed by atoms with Crippen molar-refractivity contribution in [1.82, 2.24) is 0 Å². The molecule has 2 rings (SSSR count). The van der Waals surface area contributed by atoms with Gasteiger partial charge in [0.25, 0.3) is 8.32 Å². The summed E-state index contributed by atoms with van der Waals surface area (Å²) >= 11 is 0. The first-order chi connectivity index (χ1) is 13.3. The summed E-state index contributed by atoms with van der Waals surface area (Å²) in [4.78, 5) is 11.8. The van der Waals surface area contributed by atoms with Crippen molar-refractivity contribution in [2.24, 2.45) is 0 Å². The van der Waals surface area contributed by atoms with Crippen LogP contribution in [-0.2, 0) is 14.0 Å². The van der Waals surface area contributed by atoms with Crippen LogP contribution in [0.25, 0.3) is 0 Å². The first-order valence-electron chi connectivity index (χ1n) is 9.51. The third-order valence-electron chi connectivity index (χ3n) is 4.67. The van der Waals surface area contributed by atoms with Crippen LogP contribution >= 0.6 is 0 Å². The Hall–Kier alpha value is -2.21. The van der Waals surface area contributed by atoms with E-state index in [1.54, 1.807) is 0 Å². The minimum Gasteiger partial charge on any atom is -0.461 e. The zero-order valence-corrected chi connectivity index (χ0v) is 17.9. The average Bonchev–Trinajstić information content (AvgIpc) is 2.67. The third kappa shape index (κ3) is 5.19. The second-order valence-electron chi connectivity index (χ2n) is 7.80. The molecule has 4 nitrogen and oxygen atoms in total. The number of hydrogen-bond donors (Lipinski definition) is 1. The fourth-order valence-electron chi connectivity index (χ4n) is 3.44. The Morgan fingerprint density at radius 3 is 2.00 bits per heavy atom. The van der Waals surface area contributed by atoms with Gasteiger partial charge in [0.15, 0.2) is 0 Å². The molecule has 28 heavy (non-hydrogen) atoms. The Morgan fingerprint density at radius 2 is 1.57 bits per heavy atom. The summed E-state index contributed by atoms with van der Waals surface area (Å²) in [5, 5.41) is 12.5. The lowest BCUT2D eigenvalue weighted by Gasteiger charge is -2.43. The molecular formula is C23H30O4Si. The third-order valence-corrected chi connectivity index (χ3v) is 9.68. The molecular weight excluding hydrogens is 368 g/mol. The van der Waals surface area contributed by atoms with Gasteiger partial charge in [0, 0.05) is 0 Å². The Balaban J connectivity index is 2.34. The van der Waals surface area contributed by atoms with E-state index in [4.69, 9.17) is 9.16 Å². The summed E-state index contributed by atoms with van der Waals surface area (Å²) in [6, 6.07) is 20.4. The number of rotatable bonds is 9. The van der Waals surface area contributed by atoms with Crippen LogP contribution in [0.4, 0.5) is 0 Å². The lowest BCUT2D eigenvalue weighted by atomic mass is 10.2. The van der Waals surface area contributed by atoms with Gasteiger partial charge >= 0.3 is 5.97 Å². The van der Waals surface area contributed by atoms with Crippen LogP contribution in [0.1, 0.15) is 27.2 Å². The maximum absolute atomic E-state index is 11.8. The maximum Gasteiger partial charge on any atom is 0.308 e. The van der Waals surface area contributed by atoms with E-state index in [2.05, 4.69) is 51.6 Å². The summed E-state index contributed by atoms with van der Waals surface area (Å²) in [6.07, 6.45) is 0.466. The predicted molar refractivity (Wildman–Crippen MR) is 115 cm³/mol. The predicted octanol–water partition coefficient (Wildman–Crippen LogP) is 3.04. The molecule has 1 atom stereocenters. The molecule has 0 spiro atoms. The van der Waals surface area contributed by atoms with Crippen LogP contribution in [0.2, 0.25) is 5.04 Å². The quantitative estimate of drug-likeness (QED) is 0.401. The van der Waals surface area contributed by atoms with Gasteiger partial charge in [-0.3, -0.25) is 4.79 Å². The molecule has 0 aliphatic heterocycles. The second kappa shape index (κ2) is 9.82. The van der Waals surface area contributed by atoms with Gasteiger partial charge < -0.3 is 14.3 Å². The van der Waals surface area contributed by atoms with E-state index >= 15 is 0 Å². The van der Waals surface area contributed by atoms with Crippen molar-refractivity contribution in [3.63, 3.8) is 0 Å². The molecule has 2 aromatic rings. The number of benzene rings is 2. The van der Waals surface area contributed by atoms with Gasteiger partial charge in [-0.05, 0) is 15.4 Å². The molecule has 1 N–H and O–H groups in total. The van der Waals surface area contributed by atoms with Gasteiger partial charge in [0.2, 0.25) is 0 Å². The van der Waals surface area contributed by atoms with E-state index in [-0.39, 0.29) is 24.7 Å². The average molecular weight is 399 g/mol. The Morgan fingerprint density at radius 1 is 1.07 bits per heavy atom. The number of ether oxygens (including phenoxy) is 1. The molecule has 0 saturated carbocycles. The van der Waals surface area contributed by atoms with E-state index in [1.165, 1.54) is 6.08 Å². The molecule has 0 amide bonds. The minimum absolute atomic E-state index is 0.0659. The van der Waals surface area contributed by atoms with Crippen molar-refractivity contribution in [2.75, 3.05) is 13.2 Å². The van der Waals surface area contributed by atoms with Crippen molar-refractivity contribution in [3.05, 3.63) is 73.3 Å². The molecule has 0 heterocycles. The Labute approximate surface area is 169 Å². The standard InChI is InChI=1S/C23H30O4Si/c1-5-16-26-22(25)17-19(24)18-27-28(23(2,3)4,20-12-8-6-9-13-20)21-14-10-7-11-15-21/h5-15,19,24H,1,16-18H2,2-4H3/t19-/m0/s1. The van der Waals surface area contributed by atoms with Crippen LogP contribution in [0, 0.1) is 0 Å². The largest absolute Gasteiger partial charge is 0.461 e. The molecule has 0 aliphatic carbocycles. The molecule has 0 bridgehead atoms. The molecule has 0 fully saturated rings. The van der Waals surface area contributed by atoms with Crippen molar-refractivity contribution in [2.45, 2.75) is 38.3 Å². The molecule has 150 valence electrons. The molecule has 0 aliphatic rings. The molecule has 0 radical (unpaired) electrons. The zero-order valence-electron chi connectivity index (χ0n) is 16.9. The highest BCUT2D eigenvalue weighted by molar-refractivity contribution is 6.99. The van der Waals surface area contributed by atoms with Crippen LogP contribution in [0.5, 0.6) is 0 Å². The summed E-state index contributed by atoms with van der Waals surface area (Å²) in [5.41, 5.74) is 0. The first-order valence-corrected chi connectivity index (χ1v) is 11.4. The Bertz CT molecular complexity index is 714. The molecule has 0 saturated heterocycles. The fraction of sp³-hybridized carbons (Fsp3) is 0.348. The molecule has 0 unspecified atom stereocenters. The molecule has 0 aromatic heterocycles. The zero-order chi connectivity index (χ0) is 20.6. The Kier molecular flexibility index (Phi) is 7.75. The SMILES string of the molecule is C=CCOC(=O)C[C@H](O)CO[Si](c1ccccc1)(c1ccccc1)C(C)(C)C. The minimum atomic E-state index is -2.72. The molecule has 2 aromatic carbocycles. The van der Waals surface area contributed by atoms with Gasteiger partial charge in [-0.25, -0.2) is 0 Å². The summed E-state index contributed by atoms with van der Waals surface area (Å²) in [5.74, 6) is -0.460. The number of aliphatic hydroxyl groups excluding tert-OH is 1. The highest BCUT2D eigenvalue weighted by Gasteiger charge is 2.50. The van der Waals surface area contributed by atoms with Crippen LogP contribution in [-0.4, -0.2) is 38.7 Å². The van der Waals surface area contributed by atoms with E-state index in [9.17, 15) is 9.90 Å². The number of aliphatic hydroxyl groups is 1. The van der Waals surface area contributed by atoms with E-state index in [0.717, 1.165) is 10.4 Å². The second-order valence-corrected chi connectivity index (χ2v) is 12.1. The summed E-state index contributed by atoms with van der Waals surface area (Å²) in [7, 11) is -2.72. The fourth-order valence-corrected chi connectivity index (χ4v) is 8.04. The van der Waals surface area contributed by atoms with E-state index in [1.807, 2.05) is 36.4 Å². The summed E-state index contributed by atoms with van der Waals surface area (Å²) in [6.45, 7) is 10.2. The van der Waals surface area contributed by atoms with Crippen LogP contribution < -0.4 is 10.4 Å². The van der Waals surface area contributed by atoms with Crippen LogP contribution in [0.15, 0.2) is 73.3 Å². The van der Waals surface area contributed by atoms with Crippen LogP contribution in [0.3, 0.4) is 0 Å². The highest BCUT2D eigenvalue weighted by Crippen LogP contribution is 2.36. The van der Waals surface area contributed by atoms with Crippen molar-refractivity contribution in [3.8, 4) is 0 Å². The number of carbonyl (C=O) groups excluding carboxylic acids is 1. The lowest BCUT2D eigenvalue weighted by molar-refractivity contribution is -0.145. The number of carbonyl (C=O) groups is 1. The highest BCUT2D eigenvalue weighted by atomic mass is 28.4. The van der Waals surface area contributed by atoms with Gasteiger partial charge in [-0.15, -0.1) is 0 Å².